The number of pyridine rings is 1. The zero-order chi connectivity index (χ0) is 11.5. The molecule has 0 unspecified atom stereocenters. The highest BCUT2D eigenvalue weighted by Crippen LogP contribution is 2.28. The Labute approximate surface area is 97.3 Å². The van der Waals surface area contributed by atoms with Gasteiger partial charge in [0.2, 0.25) is 5.95 Å². The Morgan fingerprint density at radius 2 is 2.06 bits per heavy atom. The van der Waals surface area contributed by atoms with Gasteiger partial charge in [0.1, 0.15) is 0 Å². The van der Waals surface area contributed by atoms with Crippen molar-refractivity contribution in [1.29, 1.82) is 0 Å². The number of aromatic nitrogens is 1. The van der Waals surface area contributed by atoms with Crippen LogP contribution in [0.15, 0.2) is 36.5 Å². The van der Waals surface area contributed by atoms with Gasteiger partial charge in [0.05, 0.1) is 6.61 Å². The second kappa shape index (κ2) is 4.60. The summed E-state index contributed by atoms with van der Waals surface area (Å²) in [6, 6.07) is 8.08. The molecule has 4 heteroatoms. The summed E-state index contributed by atoms with van der Waals surface area (Å²) in [6.07, 6.45) is 1.41. The third-order valence-electron chi connectivity index (χ3n) is 2.25. The number of aliphatic hydroxyl groups excluding tert-OH is 1. The summed E-state index contributed by atoms with van der Waals surface area (Å²) in [4.78, 5) is 3.56. The van der Waals surface area contributed by atoms with E-state index in [1.165, 1.54) is 12.3 Å². The van der Waals surface area contributed by atoms with Crippen LogP contribution >= 0.6 is 11.6 Å². The molecule has 1 N–H and O–H groups in total. The molecule has 0 saturated heterocycles. The van der Waals surface area contributed by atoms with Crippen LogP contribution in [0.5, 0.6) is 0 Å². The molecule has 2 aromatic rings. The minimum atomic E-state index is -0.529. The van der Waals surface area contributed by atoms with E-state index in [4.69, 9.17) is 16.7 Å². The molecular weight excluding hydrogens is 229 g/mol. The fraction of sp³-hybridized carbons (Fsp3) is 0.0833. The highest BCUT2D eigenvalue weighted by molar-refractivity contribution is 6.33. The Kier molecular flexibility index (Phi) is 3.17. The standard InChI is InChI=1S/C12H9ClFNO/c13-11-3-1-8(7-16)5-10(11)9-2-4-12(14)15-6-9/h1-6,16H,7H2. The maximum absolute atomic E-state index is 12.7. The molecule has 0 aliphatic rings. The van der Waals surface area contributed by atoms with Gasteiger partial charge < -0.3 is 5.11 Å². The van der Waals surface area contributed by atoms with Crippen molar-refractivity contribution in [1.82, 2.24) is 4.98 Å². The molecule has 0 aliphatic carbocycles. The topological polar surface area (TPSA) is 33.1 Å². The smallest absolute Gasteiger partial charge is 0.212 e. The third-order valence-corrected chi connectivity index (χ3v) is 2.58. The van der Waals surface area contributed by atoms with Gasteiger partial charge in [-0.1, -0.05) is 17.7 Å². The summed E-state index contributed by atoms with van der Waals surface area (Å²) in [5.41, 5.74) is 2.21. The van der Waals surface area contributed by atoms with E-state index in [9.17, 15) is 4.39 Å². The molecule has 0 radical (unpaired) electrons. The lowest BCUT2D eigenvalue weighted by Gasteiger charge is -2.06. The van der Waals surface area contributed by atoms with Crippen LogP contribution in [0, 0.1) is 5.95 Å². The number of rotatable bonds is 2. The summed E-state index contributed by atoms with van der Waals surface area (Å²) < 4.78 is 12.7. The first-order valence-electron chi connectivity index (χ1n) is 4.72. The predicted molar refractivity (Wildman–Crippen MR) is 60.6 cm³/mol. The average molecular weight is 238 g/mol. The van der Waals surface area contributed by atoms with Crippen molar-refractivity contribution >= 4 is 11.6 Å². The molecule has 0 fully saturated rings. The van der Waals surface area contributed by atoms with Gasteiger partial charge in [0.15, 0.2) is 0 Å². The van der Waals surface area contributed by atoms with Gasteiger partial charge in [-0.05, 0) is 29.8 Å². The Morgan fingerprint density at radius 3 is 2.69 bits per heavy atom. The van der Waals surface area contributed by atoms with Crippen LogP contribution in [0.1, 0.15) is 5.56 Å². The van der Waals surface area contributed by atoms with Gasteiger partial charge in [-0.3, -0.25) is 0 Å². The van der Waals surface area contributed by atoms with E-state index in [1.807, 2.05) is 0 Å². The number of hydrogen-bond acceptors (Lipinski definition) is 2. The maximum atomic E-state index is 12.7. The summed E-state index contributed by atoms with van der Waals surface area (Å²) in [7, 11) is 0. The average Bonchev–Trinajstić information content (AvgIpc) is 2.31. The molecule has 16 heavy (non-hydrogen) atoms. The van der Waals surface area contributed by atoms with Gasteiger partial charge in [-0.25, -0.2) is 4.98 Å². The normalized spacial score (nSPS) is 10.4. The molecule has 2 rings (SSSR count). The van der Waals surface area contributed by atoms with E-state index >= 15 is 0 Å². The van der Waals surface area contributed by atoms with E-state index in [0.717, 1.165) is 16.7 Å². The van der Waals surface area contributed by atoms with Crippen molar-refractivity contribution in [2.45, 2.75) is 6.61 Å². The number of nitrogens with zero attached hydrogens (tertiary/aromatic N) is 1. The lowest BCUT2D eigenvalue weighted by molar-refractivity contribution is 0.282. The Hall–Kier alpha value is -1.45. The predicted octanol–water partition coefficient (Wildman–Crippen LogP) is 3.03. The van der Waals surface area contributed by atoms with Gasteiger partial charge in [-0.15, -0.1) is 0 Å². The third kappa shape index (κ3) is 2.21. The first-order valence-corrected chi connectivity index (χ1v) is 5.09. The summed E-state index contributed by atoms with van der Waals surface area (Å²) in [6.45, 7) is -0.0568. The molecule has 2 nitrogen and oxygen atoms in total. The van der Waals surface area contributed by atoms with Crippen LogP contribution in [0.3, 0.4) is 0 Å². The monoisotopic (exact) mass is 237 g/mol. The van der Waals surface area contributed by atoms with Crippen molar-refractivity contribution in [3.8, 4) is 11.1 Å². The van der Waals surface area contributed by atoms with E-state index in [-0.39, 0.29) is 6.61 Å². The lowest BCUT2D eigenvalue weighted by atomic mass is 10.1. The van der Waals surface area contributed by atoms with E-state index in [0.29, 0.717) is 5.02 Å². The van der Waals surface area contributed by atoms with Crippen LogP contribution in [-0.4, -0.2) is 10.1 Å². The van der Waals surface area contributed by atoms with Gasteiger partial charge >= 0.3 is 0 Å². The van der Waals surface area contributed by atoms with Gasteiger partial charge in [-0.2, -0.15) is 4.39 Å². The van der Waals surface area contributed by atoms with Gasteiger partial charge in [0, 0.05) is 22.3 Å². The number of halogens is 2. The zero-order valence-electron chi connectivity index (χ0n) is 8.32. The van der Waals surface area contributed by atoms with Crippen molar-refractivity contribution < 1.29 is 9.50 Å². The fourth-order valence-electron chi connectivity index (χ4n) is 1.43. The Morgan fingerprint density at radius 1 is 1.25 bits per heavy atom. The van der Waals surface area contributed by atoms with Crippen LogP contribution < -0.4 is 0 Å². The molecule has 82 valence electrons. The molecule has 0 spiro atoms. The van der Waals surface area contributed by atoms with Crippen molar-refractivity contribution in [3.63, 3.8) is 0 Å². The molecule has 1 aromatic carbocycles. The lowest BCUT2D eigenvalue weighted by Crippen LogP contribution is -1.88. The van der Waals surface area contributed by atoms with E-state index < -0.39 is 5.95 Å². The molecule has 0 bridgehead atoms. The van der Waals surface area contributed by atoms with Crippen LogP contribution in [0.2, 0.25) is 5.02 Å². The summed E-state index contributed by atoms with van der Waals surface area (Å²) in [5.74, 6) is -0.529. The molecule has 0 atom stereocenters. The number of hydrogen-bond donors (Lipinski definition) is 1. The Bertz CT molecular complexity index is 499. The SMILES string of the molecule is OCc1ccc(Cl)c(-c2ccc(F)nc2)c1. The molecule has 0 amide bonds. The van der Waals surface area contributed by atoms with Crippen LogP contribution in [0.4, 0.5) is 4.39 Å². The van der Waals surface area contributed by atoms with Crippen molar-refractivity contribution in [2.75, 3.05) is 0 Å². The minimum absolute atomic E-state index is 0.0568. The first kappa shape index (κ1) is 11.0. The van der Waals surface area contributed by atoms with Crippen LogP contribution in [0.25, 0.3) is 11.1 Å². The van der Waals surface area contributed by atoms with Crippen molar-refractivity contribution in [2.24, 2.45) is 0 Å². The minimum Gasteiger partial charge on any atom is -0.392 e. The number of aliphatic hydroxyl groups is 1. The van der Waals surface area contributed by atoms with E-state index in [1.54, 1.807) is 24.3 Å². The quantitative estimate of drug-likeness (QED) is 0.815. The summed E-state index contributed by atoms with van der Waals surface area (Å²) >= 11 is 6.02. The zero-order valence-corrected chi connectivity index (χ0v) is 9.08. The van der Waals surface area contributed by atoms with Gasteiger partial charge in [0.25, 0.3) is 0 Å². The van der Waals surface area contributed by atoms with Crippen LogP contribution in [-0.2, 0) is 6.61 Å². The molecule has 1 heterocycles. The molecule has 0 aliphatic heterocycles. The maximum Gasteiger partial charge on any atom is 0.212 e. The molecule has 1 aromatic heterocycles. The number of benzene rings is 1. The Balaban J connectivity index is 2.50. The summed E-state index contributed by atoms with van der Waals surface area (Å²) in [5, 5.41) is 9.57. The first-order chi connectivity index (χ1) is 7.70. The highest BCUT2D eigenvalue weighted by atomic mass is 35.5. The second-order valence-electron chi connectivity index (χ2n) is 3.34. The molecule has 0 saturated carbocycles. The van der Waals surface area contributed by atoms with E-state index in [2.05, 4.69) is 4.98 Å². The fourth-order valence-corrected chi connectivity index (χ4v) is 1.65. The highest BCUT2D eigenvalue weighted by Gasteiger charge is 2.05. The van der Waals surface area contributed by atoms with Crippen molar-refractivity contribution in [3.05, 3.63) is 53.1 Å². The molecular formula is C12H9ClFNO. The second-order valence-corrected chi connectivity index (χ2v) is 3.75. The largest absolute Gasteiger partial charge is 0.392 e.